The molecule has 4 nitrogen and oxygen atoms in total. The number of hydrogen-bond acceptors (Lipinski definition) is 4. The van der Waals surface area contributed by atoms with Crippen molar-refractivity contribution in [3.05, 3.63) is 34.8 Å². The first-order valence-corrected chi connectivity index (χ1v) is 8.82. The Balaban J connectivity index is 2.08. The molecule has 4 unspecified atom stereocenters. The van der Waals surface area contributed by atoms with E-state index >= 15 is 0 Å². The molecule has 132 valence electrons. The van der Waals surface area contributed by atoms with Crippen molar-refractivity contribution in [2.75, 3.05) is 0 Å². The molecule has 0 saturated heterocycles. The number of aliphatic hydroxyl groups is 1. The minimum Gasteiger partial charge on any atom is -0.469 e. The lowest BCUT2D eigenvalue weighted by molar-refractivity contribution is -0.204. The van der Waals surface area contributed by atoms with Crippen LogP contribution in [0, 0.1) is 18.3 Å². The lowest BCUT2D eigenvalue weighted by Crippen LogP contribution is -2.62. The molecule has 24 heavy (non-hydrogen) atoms. The lowest BCUT2D eigenvalue weighted by atomic mass is 9.52. The highest BCUT2D eigenvalue weighted by molar-refractivity contribution is 5.88. The molecule has 0 amide bonds. The maximum absolute atomic E-state index is 12.6. The minimum absolute atomic E-state index is 0.211. The van der Waals surface area contributed by atoms with Crippen LogP contribution in [-0.4, -0.2) is 22.8 Å². The number of fused-ring (bicyclic) bond motifs is 2. The second kappa shape index (κ2) is 5.76. The molecule has 0 bridgehead atoms. The van der Waals surface area contributed by atoms with E-state index in [1.807, 2.05) is 6.92 Å². The summed E-state index contributed by atoms with van der Waals surface area (Å²) in [4.78, 5) is 12.6. The van der Waals surface area contributed by atoms with Gasteiger partial charge in [-0.05, 0) is 50.7 Å². The lowest BCUT2D eigenvalue weighted by Gasteiger charge is -2.57. The van der Waals surface area contributed by atoms with Crippen LogP contribution in [0.1, 0.15) is 57.4 Å². The number of rotatable bonds is 2. The molecular weight excluding hydrogens is 304 g/mol. The monoisotopic (exact) mass is 332 g/mol. The van der Waals surface area contributed by atoms with E-state index in [-0.39, 0.29) is 17.3 Å². The predicted molar refractivity (Wildman–Crippen MR) is 91.6 cm³/mol. The quantitative estimate of drug-likeness (QED) is 0.662. The van der Waals surface area contributed by atoms with Gasteiger partial charge in [-0.2, -0.15) is 0 Å². The number of hydrogen-bond donors (Lipinski definition) is 1. The van der Waals surface area contributed by atoms with Gasteiger partial charge < -0.3 is 14.3 Å². The van der Waals surface area contributed by atoms with E-state index in [4.69, 9.17) is 9.15 Å². The van der Waals surface area contributed by atoms with Gasteiger partial charge in [0.05, 0.1) is 12.4 Å². The van der Waals surface area contributed by atoms with Crippen LogP contribution < -0.4 is 0 Å². The number of allylic oxidation sites excluding steroid dienone is 1. The van der Waals surface area contributed by atoms with Gasteiger partial charge in [0.1, 0.15) is 11.4 Å². The SMILES string of the molecule is CC=C(C)C(=O)OC12Cc3occ(C)c3CC1(C)C(C)CC(O)C2. The molecule has 2 aliphatic rings. The van der Waals surface area contributed by atoms with Crippen LogP contribution in [0.5, 0.6) is 0 Å². The molecule has 3 rings (SSSR count). The molecule has 1 aromatic heterocycles. The van der Waals surface area contributed by atoms with Crippen molar-refractivity contribution < 1.29 is 19.1 Å². The normalized spacial score (nSPS) is 36.0. The Kier molecular flexibility index (Phi) is 4.15. The van der Waals surface area contributed by atoms with Crippen molar-refractivity contribution in [1.82, 2.24) is 0 Å². The third-order valence-electron chi connectivity index (χ3n) is 6.54. The molecule has 1 fully saturated rings. The van der Waals surface area contributed by atoms with Gasteiger partial charge in [0.25, 0.3) is 0 Å². The van der Waals surface area contributed by atoms with Crippen molar-refractivity contribution >= 4 is 5.97 Å². The van der Waals surface area contributed by atoms with Crippen LogP contribution >= 0.6 is 0 Å². The Morgan fingerprint density at radius 3 is 2.83 bits per heavy atom. The molecule has 1 heterocycles. The summed E-state index contributed by atoms with van der Waals surface area (Å²) in [6.45, 7) is 10.0. The molecule has 4 heteroatoms. The summed E-state index contributed by atoms with van der Waals surface area (Å²) < 4.78 is 11.9. The molecule has 0 aromatic carbocycles. The van der Waals surface area contributed by atoms with Gasteiger partial charge in [0.2, 0.25) is 0 Å². The fourth-order valence-electron chi connectivity index (χ4n) is 4.53. The summed E-state index contributed by atoms with van der Waals surface area (Å²) in [5.41, 5.74) is 2.07. The Morgan fingerprint density at radius 1 is 1.46 bits per heavy atom. The van der Waals surface area contributed by atoms with Crippen LogP contribution in [0.3, 0.4) is 0 Å². The highest BCUT2D eigenvalue weighted by Gasteiger charge is 2.61. The van der Waals surface area contributed by atoms with Gasteiger partial charge in [-0.15, -0.1) is 0 Å². The number of esters is 1. The first-order chi connectivity index (χ1) is 11.2. The Hall–Kier alpha value is -1.55. The number of aryl methyl sites for hydroxylation is 1. The highest BCUT2D eigenvalue weighted by atomic mass is 16.6. The fourth-order valence-corrected chi connectivity index (χ4v) is 4.53. The first kappa shape index (κ1) is 17.3. The summed E-state index contributed by atoms with van der Waals surface area (Å²) in [6, 6.07) is 0. The molecule has 1 saturated carbocycles. The van der Waals surface area contributed by atoms with E-state index in [0.29, 0.717) is 18.4 Å². The Bertz CT molecular complexity index is 686. The van der Waals surface area contributed by atoms with Crippen LogP contribution in [0.4, 0.5) is 0 Å². The van der Waals surface area contributed by atoms with Crippen molar-refractivity contribution in [3.63, 3.8) is 0 Å². The largest absolute Gasteiger partial charge is 0.469 e. The zero-order chi connectivity index (χ0) is 17.7. The summed E-state index contributed by atoms with van der Waals surface area (Å²) in [5, 5.41) is 10.4. The van der Waals surface area contributed by atoms with Gasteiger partial charge >= 0.3 is 5.97 Å². The van der Waals surface area contributed by atoms with Gasteiger partial charge in [0, 0.05) is 23.8 Å². The smallest absolute Gasteiger partial charge is 0.333 e. The average molecular weight is 332 g/mol. The van der Waals surface area contributed by atoms with E-state index in [2.05, 4.69) is 20.8 Å². The van der Waals surface area contributed by atoms with E-state index in [1.165, 1.54) is 5.56 Å². The number of carbonyl (C=O) groups excluding carboxylic acids is 1. The molecule has 4 atom stereocenters. The van der Waals surface area contributed by atoms with Crippen LogP contribution in [0.25, 0.3) is 0 Å². The van der Waals surface area contributed by atoms with Gasteiger partial charge in [-0.3, -0.25) is 0 Å². The summed E-state index contributed by atoms with van der Waals surface area (Å²) in [5.74, 6) is 0.858. The van der Waals surface area contributed by atoms with Crippen LogP contribution in [-0.2, 0) is 22.4 Å². The Labute approximate surface area is 143 Å². The molecule has 0 aliphatic heterocycles. The third kappa shape index (κ3) is 2.43. The van der Waals surface area contributed by atoms with Crippen molar-refractivity contribution in [1.29, 1.82) is 0 Å². The number of aliphatic hydroxyl groups excluding tert-OH is 1. The van der Waals surface area contributed by atoms with E-state index < -0.39 is 11.7 Å². The Morgan fingerprint density at radius 2 is 2.17 bits per heavy atom. The average Bonchev–Trinajstić information content (AvgIpc) is 2.85. The molecule has 1 N–H and O–H groups in total. The second-order valence-electron chi connectivity index (χ2n) is 7.94. The van der Waals surface area contributed by atoms with Crippen molar-refractivity contribution in [2.24, 2.45) is 11.3 Å². The molecule has 1 aromatic rings. The topological polar surface area (TPSA) is 59.7 Å². The zero-order valence-corrected chi connectivity index (χ0v) is 15.3. The van der Waals surface area contributed by atoms with Gasteiger partial charge in [0.15, 0.2) is 0 Å². The highest BCUT2D eigenvalue weighted by Crippen LogP contribution is 2.57. The maximum atomic E-state index is 12.6. The van der Waals surface area contributed by atoms with Crippen LogP contribution in [0.2, 0.25) is 0 Å². The molecule has 2 aliphatic carbocycles. The van der Waals surface area contributed by atoms with E-state index in [1.54, 1.807) is 19.3 Å². The number of carbonyl (C=O) groups is 1. The number of furan rings is 1. The van der Waals surface area contributed by atoms with Gasteiger partial charge in [-0.1, -0.05) is 19.9 Å². The van der Waals surface area contributed by atoms with E-state index in [0.717, 1.165) is 24.2 Å². The molecule has 0 spiro atoms. The summed E-state index contributed by atoms with van der Waals surface area (Å²) in [6.07, 6.45) is 5.67. The number of ether oxygens (including phenoxy) is 1. The standard InChI is InChI=1S/C20H28O4/c1-6-12(2)18(22)24-20-8-15(21)7-14(4)19(20,5)9-16-13(3)11-23-17(16)10-20/h6,11,14-15,21H,7-10H2,1-5H3. The second-order valence-corrected chi connectivity index (χ2v) is 7.94. The predicted octanol–water partition coefficient (Wildman–Crippen LogP) is 3.73. The first-order valence-electron chi connectivity index (χ1n) is 8.82. The fraction of sp³-hybridized carbons (Fsp3) is 0.650. The third-order valence-corrected chi connectivity index (χ3v) is 6.54. The molecular formula is C20H28O4. The zero-order valence-electron chi connectivity index (χ0n) is 15.3. The maximum Gasteiger partial charge on any atom is 0.333 e. The molecule has 0 radical (unpaired) electrons. The summed E-state index contributed by atoms with van der Waals surface area (Å²) in [7, 11) is 0. The summed E-state index contributed by atoms with van der Waals surface area (Å²) >= 11 is 0. The van der Waals surface area contributed by atoms with Crippen LogP contribution in [0.15, 0.2) is 22.3 Å². The van der Waals surface area contributed by atoms with Gasteiger partial charge in [-0.25, -0.2) is 4.79 Å². The van der Waals surface area contributed by atoms with Crippen molar-refractivity contribution in [3.8, 4) is 0 Å². The minimum atomic E-state index is -0.720. The van der Waals surface area contributed by atoms with Crippen molar-refractivity contribution in [2.45, 2.75) is 72.0 Å². The van der Waals surface area contributed by atoms with E-state index in [9.17, 15) is 9.90 Å².